The van der Waals surface area contributed by atoms with Crippen LogP contribution >= 0.6 is 0 Å². The number of carbonyl (C=O) groups excluding carboxylic acids is 1. The van der Waals surface area contributed by atoms with Crippen LogP contribution in [0, 0.1) is 17.1 Å². The van der Waals surface area contributed by atoms with Gasteiger partial charge < -0.3 is 4.74 Å². The van der Waals surface area contributed by atoms with Crippen LogP contribution in [0.25, 0.3) is 11.1 Å². The largest absolute Gasteiger partial charge is 0.459 e. The first-order valence-electron chi connectivity index (χ1n) is 6.72. The molecule has 6 heteroatoms. The van der Waals surface area contributed by atoms with E-state index in [1.54, 1.807) is 33.0 Å². The number of carbonyl (C=O) groups is 1. The van der Waals surface area contributed by atoms with Gasteiger partial charge in [-0.1, -0.05) is 0 Å². The van der Waals surface area contributed by atoms with Gasteiger partial charge in [-0.3, -0.25) is 9.48 Å². The minimum absolute atomic E-state index is 0.0301. The molecule has 1 aromatic carbocycles. The van der Waals surface area contributed by atoms with E-state index >= 15 is 0 Å². The molecular weight excluding hydrogens is 285 g/mol. The summed E-state index contributed by atoms with van der Waals surface area (Å²) in [6, 6.07) is 5.95. The summed E-state index contributed by atoms with van der Waals surface area (Å²) in [6.07, 6.45) is 3.13. The van der Waals surface area contributed by atoms with Crippen molar-refractivity contribution < 1.29 is 13.9 Å². The van der Waals surface area contributed by atoms with Crippen LogP contribution in [0.3, 0.4) is 0 Å². The predicted octanol–water partition coefficient (Wildman–Crippen LogP) is 2.90. The van der Waals surface area contributed by atoms with Crippen molar-refractivity contribution in [2.24, 2.45) is 0 Å². The van der Waals surface area contributed by atoms with E-state index in [0.29, 0.717) is 11.1 Å². The highest BCUT2D eigenvalue weighted by Crippen LogP contribution is 2.21. The minimum Gasteiger partial charge on any atom is -0.459 e. The molecule has 5 nitrogen and oxygen atoms in total. The summed E-state index contributed by atoms with van der Waals surface area (Å²) < 4.78 is 20.1. The fraction of sp³-hybridized carbons (Fsp3) is 0.312. The number of hydrogen-bond donors (Lipinski definition) is 0. The Morgan fingerprint density at radius 1 is 1.36 bits per heavy atom. The third-order valence-corrected chi connectivity index (χ3v) is 2.70. The lowest BCUT2D eigenvalue weighted by Gasteiger charge is -2.19. The van der Waals surface area contributed by atoms with Gasteiger partial charge in [0, 0.05) is 11.8 Å². The van der Waals surface area contributed by atoms with E-state index in [1.807, 2.05) is 6.07 Å². The molecule has 22 heavy (non-hydrogen) atoms. The predicted molar refractivity (Wildman–Crippen MR) is 78.2 cm³/mol. The van der Waals surface area contributed by atoms with Crippen molar-refractivity contribution in [1.29, 1.82) is 5.26 Å². The minimum atomic E-state index is -0.558. The van der Waals surface area contributed by atoms with Crippen LogP contribution in [0.5, 0.6) is 0 Å². The Bertz CT molecular complexity index is 739. The van der Waals surface area contributed by atoms with E-state index in [2.05, 4.69) is 5.10 Å². The molecule has 0 fully saturated rings. The number of nitriles is 1. The van der Waals surface area contributed by atoms with Crippen molar-refractivity contribution in [1.82, 2.24) is 9.78 Å². The molecule has 0 amide bonds. The number of hydrogen-bond acceptors (Lipinski definition) is 4. The van der Waals surface area contributed by atoms with Gasteiger partial charge in [-0.15, -0.1) is 0 Å². The molecule has 0 aliphatic heterocycles. The molecule has 1 aromatic heterocycles. The monoisotopic (exact) mass is 301 g/mol. The van der Waals surface area contributed by atoms with Gasteiger partial charge in [0.15, 0.2) is 0 Å². The van der Waals surface area contributed by atoms with Crippen LogP contribution in [0.1, 0.15) is 26.3 Å². The lowest BCUT2D eigenvalue weighted by molar-refractivity contribution is -0.155. The molecule has 0 aliphatic carbocycles. The quantitative estimate of drug-likeness (QED) is 0.817. The number of aromatic nitrogens is 2. The van der Waals surface area contributed by atoms with Gasteiger partial charge >= 0.3 is 5.97 Å². The van der Waals surface area contributed by atoms with Gasteiger partial charge in [-0.2, -0.15) is 10.4 Å². The maximum absolute atomic E-state index is 13.5. The van der Waals surface area contributed by atoms with E-state index in [-0.39, 0.29) is 12.1 Å². The van der Waals surface area contributed by atoms with Gasteiger partial charge in [0.05, 0.1) is 17.8 Å². The zero-order chi connectivity index (χ0) is 16.3. The van der Waals surface area contributed by atoms with Crippen LogP contribution in [0.15, 0.2) is 30.6 Å². The van der Waals surface area contributed by atoms with Crippen LogP contribution in [0.4, 0.5) is 4.39 Å². The lowest BCUT2D eigenvalue weighted by Crippen LogP contribution is -2.26. The third-order valence-electron chi connectivity index (χ3n) is 2.70. The van der Waals surface area contributed by atoms with Gasteiger partial charge in [-0.25, -0.2) is 4.39 Å². The fourth-order valence-corrected chi connectivity index (χ4v) is 1.93. The standard InChI is InChI=1S/C16H16FN3O2/c1-16(2,3)22-15(21)10-20-9-13(8-19-20)12-4-11(7-18)5-14(17)6-12/h4-6,8-9H,10H2,1-3H3. The van der Waals surface area contributed by atoms with Crippen molar-refractivity contribution in [2.75, 3.05) is 0 Å². The summed E-state index contributed by atoms with van der Waals surface area (Å²) in [5.74, 6) is -0.895. The smallest absolute Gasteiger partial charge is 0.328 e. The topological polar surface area (TPSA) is 67.9 Å². The van der Waals surface area contributed by atoms with Crippen LogP contribution in [-0.2, 0) is 16.1 Å². The summed E-state index contributed by atoms with van der Waals surface area (Å²) in [5, 5.41) is 12.9. The number of rotatable bonds is 3. The zero-order valence-corrected chi connectivity index (χ0v) is 12.6. The second-order valence-corrected chi connectivity index (χ2v) is 5.85. The summed E-state index contributed by atoms with van der Waals surface area (Å²) in [5.41, 5.74) is 0.832. The highest BCUT2D eigenvalue weighted by atomic mass is 19.1. The molecule has 0 spiro atoms. The van der Waals surface area contributed by atoms with Gasteiger partial charge in [0.25, 0.3) is 0 Å². The first-order valence-corrected chi connectivity index (χ1v) is 6.72. The molecule has 2 rings (SSSR count). The number of esters is 1. The molecule has 0 saturated heterocycles. The number of ether oxygens (including phenoxy) is 1. The second-order valence-electron chi connectivity index (χ2n) is 5.85. The fourth-order valence-electron chi connectivity index (χ4n) is 1.93. The lowest BCUT2D eigenvalue weighted by atomic mass is 10.1. The maximum atomic E-state index is 13.5. The Morgan fingerprint density at radius 2 is 2.09 bits per heavy atom. The van der Waals surface area contributed by atoms with Crippen molar-refractivity contribution in [3.8, 4) is 17.2 Å². The molecule has 1 heterocycles. The number of benzene rings is 1. The van der Waals surface area contributed by atoms with Crippen LogP contribution < -0.4 is 0 Å². The highest BCUT2D eigenvalue weighted by molar-refractivity contribution is 5.70. The van der Waals surface area contributed by atoms with Gasteiger partial charge in [-0.05, 0) is 44.5 Å². The van der Waals surface area contributed by atoms with E-state index in [4.69, 9.17) is 10.00 Å². The Morgan fingerprint density at radius 3 is 2.73 bits per heavy atom. The van der Waals surface area contributed by atoms with E-state index in [9.17, 15) is 9.18 Å². The molecule has 0 radical (unpaired) electrons. The Labute approximate surface area is 127 Å². The molecule has 0 saturated carbocycles. The number of halogens is 1. The Kier molecular flexibility index (Phi) is 4.27. The average molecular weight is 301 g/mol. The zero-order valence-electron chi connectivity index (χ0n) is 12.6. The highest BCUT2D eigenvalue weighted by Gasteiger charge is 2.17. The molecule has 114 valence electrons. The van der Waals surface area contributed by atoms with Crippen molar-refractivity contribution in [3.05, 3.63) is 42.0 Å². The molecule has 2 aromatic rings. The summed E-state index contributed by atoms with van der Waals surface area (Å²) in [6.45, 7) is 5.33. The van der Waals surface area contributed by atoms with Crippen molar-refractivity contribution >= 4 is 5.97 Å². The van der Waals surface area contributed by atoms with Crippen molar-refractivity contribution in [3.63, 3.8) is 0 Å². The number of nitrogens with zero attached hydrogens (tertiary/aromatic N) is 3. The maximum Gasteiger partial charge on any atom is 0.328 e. The third kappa shape index (κ3) is 4.16. The summed E-state index contributed by atoms with van der Waals surface area (Å²) in [7, 11) is 0. The Hall–Kier alpha value is -2.68. The SMILES string of the molecule is CC(C)(C)OC(=O)Cn1cc(-c2cc(F)cc(C#N)c2)cn1. The molecule has 0 bridgehead atoms. The van der Waals surface area contributed by atoms with Crippen molar-refractivity contribution in [2.45, 2.75) is 32.9 Å². The molecule has 0 N–H and O–H groups in total. The summed E-state index contributed by atoms with van der Waals surface area (Å²) >= 11 is 0. The molecular formula is C16H16FN3O2. The Balaban J connectivity index is 2.17. The van der Waals surface area contributed by atoms with Gasteiger partial charge in [0.1, 0.15) is 18.0 Å². The first kappa shape index (κ1) is 15.7. The average Bonchev–Trinajstić information content (AvgIpc) is 2.84. The van der Waals surface area contributed by atoms with E-state index in [1.165, 1.54) is 16.9 Å². The van der Waals surface area contributed by atoms with E-state index in [0.717, 1.165) is 6.07 Å². The molecule has 0 aliphatic rings. The molecule has 0 atom stereocenters. The van der Waals surface area contributed by atoms with Crippen LogP contribution in [-0.4, -0.2) is 21.4 Å². The molecule has 0 unspecified atom stereocenters. The second kappa shape index (κ2) is 5.98. The normalized spacial score (nSPS) is 11.0. The van der Waals surface area contributed by atoms with Gasteiger partial charge in [0.2, 0.25) is 0 Å². The van der Waals surface area contributed by atoms with E-state index < -0.39 is 17.4 Å². The first-order chi connectivity index (χ1) is 10.3. The van der Waals surface area contributed by atoms with Crippen LogP contribution in [0.2, 0.25) is 0 Å². The summed E-state index contributed by atoms with van der Waals surface area (Å²) in [4.78, 5) is 11.7.